The van der Waals surface area contributed by atoms with Crippen molar-refractivity contribution < 1.29 is 14.3 Å². The zero-order valence-electron chi connectivity index (χ0n) is 21.1. The van der Waals surface area contributed by atoms with Gasteiger partial charge in [0.15, 0.2) is 0 Å². The molecule has 0 aliphatic heterocycles. The molecule has 5 rings (SSSR count). The van der Waals surface area contributed by atoms with Gasteiger partial charge in [0.25, 0.3) is 5.91 Å². The van der Waals surface area contributed by atoms with Gasteiger partial charge in [-0.3, -0.25) is 19.1 Å². The smallest absolute Gasteiger partial charge is 0.262 e. The highest BCUT2D eigenvalue weighted by Crippen LogP contribution is 2.33. The van der Waals surface area contributed by atoms with Crippen LogP contribution in [0.3, 0.4) is 0 Å². The number of rotatable bonds is 6. The maximum absolute atomic E-state index is 14.0. The molecular formula is C30H30ClN3O3. The Kier molecular flexibility index (Phi) is 7.28. The number of methoxy groups -OCH3 is 1. The summed E-state index contributed by atoms with van der Waals surface area (Å²) < 4.78 is 7.17. The summed E-state index contributed by atoms with van der Waals surface area (Å²) in [7, 11) is 1.61. The predicted octanol–water partition coefficient (Wildman–Crippen LogP) is 6.60. The fourth-order valence-electron chi connectivity index (χ4n) is 5.39. The fraction of sp³-hybridized carbons (Fsp3) is 0.300. The van der Waals surface area contributed by atoms with E-state index >= 15 is 0 Å². The first-order valence-electron chi connectivity index (χ1n) is 12.7. The number of hydrogen-bond acceptors (Lipinski definition) is 4. The number of amides is 1. The number of benzene rings is 2. The van der Waals surface area contributed by atoms with Gasteiger partial charge in [-0.1, -0.05) is 36.9 Å². The van der Waals surface area contributed by atoms with Crippen molar-refractivity contribution in [3.63, 3.8) is 0 Å². The maximum Gasteiger partial charge on any atom is 0.262 e. The Bertz CT molecular complexity index is 1420. The monoisotopic (exact) mass is 515 g/mol. The van der Waals surface area contributed by atoms with Gasteiger partial charge >= 0.3 is 0 Å². The van der Waals surface area contributed by atoms with Crippen LogP contribution in [0.25, 0.3) is 10.9 Å². The van der Waals surface area contributed by atoms with E-state index in [2.05, 4.69) is 4.98 Å². The minimum atomic E-state index is -0.170. The van der Waals surface area contributed by atoms with E-state index in [-0.39, 0.29) is 24.3 Å². The van der Waals surface area contributed by atoms with Crippen LogP contribution in [0.2, 0.25) is 5.02 Å². The zero-order valence-corrected chi connectivity index (χ0v) is 21.9. The van der Waals surface area contributed by atoms with Gasteiger partial charge in [-0.15, -0.1) is 0 Å². The Hall–Kier alpha value is -3.64. The van der Waals surface area contributed by atoms with Crippen LogP contribution in [0.1, 0.15) is 53.7 Å². The molecule has 1 saturated carbocycles. The van der Waals surface area contributed by atoms with Crippen molar-refractivity contribution in [3.8, 4) is 5.75 Å². The summed E-state index contributed by atoms with van der Waals surface area (Å²) in [6.07, 6.45) is 7.21. The Morgan fingerprint density at radius 1 is 1.05 bits per heavy atom. The molecule has 37 heavy (non-hydrogen) atoms. The van der Waals surface area contributed by atoms with E-state index in [4.69, 9.17) is 16.3 Å². The molecule has 2 aromatic heterocycles. The molecule has 0 radical (unpaired) electrons. The summed E-state index contributed by atoms with van der Waals surface area (Å²) in [5, 5.41) is 1.40. The lowest BCUT2D eigenvalue weighted by Gasteiger charge is -2.33. The predicted molar refractivity (Wildman–Crippen MR) is 147 cm³/mol. The van der Waals surface area contributed by atoms with Gasteiger partial charge in [-0.2, -0.15) is 0 Å². The first-order valence-corrected chi connectivity index (χ1v) is 13.1. The molecule has 0 N–H and O–H groups in total. The molecule has 0 unspecified atom stereocenters. The lowest BCUT2D eigenvalue weighted by atomic mass is 9.93. The van der Waals surface area contributed by atoms with E-state index in [0.29, 0.717) is 22.2 Å². The fourth-order valence-corrected chi connectivity index (χ4v) is 5.51. The standard InChI is InChI=1S/C30H30ClN3O3/c1-20-25(19-29(35)34(23-8-4-3-5-9-23)28-10-6-7-17-32-28)26-18-24(37-2)15-16-27(26)33(20)30(36)21-11-13-22(31)14-12-21/h6-7,10-18,23H,3-5,8-9,19H2,1-2H3. The van der Waals surface area contributed by atoms with Gasteiger partial charge in [-0.05, 0) is 79.9 Å². The van der Waals surface area contributed by atoms with Crippen LogP contribution in [0.4, 0.5) is 5.82 Å². The number of halogens is 1. The zero-order chi connectivity index (χ0) is 25.9. The van der Waals surface area contributed by atoms with Crippen molar-refractivity contribution in [2.24, 2.45) is 0 Å². The van der Waals surface area contributed by atoms with Crippen LogP contribution in [0.15, 0.2) is 66.9 Å². The van der Waals surface area contributed by atoms with Gasteiger partial charge in [0, 0.05) is 33.9 Å². The number of carbonyl (C=O) groups is 2. The van der Waals surface area contributed by atoms with Crippen molar-refractivity contribution in [3.05, 3.63) is 88.7 Å². The Morgan fingerprint density at radius 3 is 2.49 bits per heavy atom. The summed E-state index contributed by atoms with van der Waals surface area (Å²) in [5.41, 5.74) is 2.82. The largest absolute Gasteiger partial charge is 0.497 e. The van der Waals surface area contributed by atoms with Crippen molar-refractivity contribution >= 4 is 40.1 Å². The summed E-state index contributed by atoms with van der Waals surface area (Å²) in [5.74, 6) is 1.16. The molecule has 2 heterocycles. The van der Waals surface area contributed by atoms with Crippen LogP contribution in [-0.2, 0) is 11.2 Å². The average Bonchev–Trinajstić information content (AvgIpc) is 3.20. The minimum absolute atomic E-state index is 0.0190. The van der Waals surface area contributed by atoms with Crippen LogP contribution < -0.4 is 9.64 Å². The van der Waals surface area contributed by atoms with E-state index in [1.54, 1.807) is 42.1 Å². The number of aromatic nitrogens is 2. The minimum Gasteiger partial charge on any atom is -0.497 e. The van der Waals surface area contributed by atoms with E-state index in [1.165, 1.54) is 6.42 Å². The van der Waals surface area contributed by atoms with Crippen molar-refractivity contribution in [2.75, 3.05) is 12.0 Å². The molecule has 1 aliphatic carbocycles. The second-order valence-corrected chi connectivity index (χ2v) is 9.95. The average molecular weight is 516 g/mol. The number of anilines is 1. The van der Waals surface area contributed by atoms with Crippen LogP contribution >= 0.6 is 11.6 Å². The number of pyridine rings is 1. The molecular weight excluding hydrogens is 486 g/mol. The van der Waals surface area contributed by atoms with E-state index in [1.807, 2.05) is 48.2 Å². The maximum atomic E-state index is 14.0. The number of carbonyl (C=O) groups excluding carboxylic acids is 2. The van der Waals surface area contributed by atoms with E-state index in [9.17, 15) is 9.59 Å². The molecule has 1 fully saturated rings. The third kappa shape index (κ3) is 4.98. The number of fused-ring (bicyclic) bond motifs is 1. The molecule has 0 spiro atoms. The molecule has 0 bridgehead atoms. The van der Waals surface area contributed by atoms with Crippen LogP contribution in [0.5, 0.6) is 5.75 Å². The molecule has 190 valence electrons. The van der Waals surface area contributed by atoms with Crippen LogP contribution in [-0.4, -0.2) is 34.5 Å². The van der Waals surface area contributed by atoms with Gasteiger partial charge in [0.05, 0.1) is 19.0 Å². The number of nitrogens with zero attached hydrogens (tertiary/aromatic N) is 3. The number of ether oxygens (including phenoxy) is 1. The number of hydrogen-bond donors (Lipinski definition) is 0. The first-order chi connectivity index (χ1) is 18.0. The van der Waals surface area contributed by atoms with Gasteiger partial charge in [-0.25, -0.2) is 4.98 Å². The molecule has 1 amide bonds. The highest BCUT2D eigenvalue weighted by Gasteiger charge is 2.30. The summed E-state index contributed by atoms with van der Waals surface area (Å²) in [6, 6.07) is 18.3. The topological polar surface area (TPSA) is 64.4 Å². The SMILES string of the molecule is COc1ccc2c(c1)c(CC(=O)N(c1ccccn1)C1CCCCC1)c(C)n2C(=O)c1ccc(Cl)cc1. The van der Waals surface area contributed by atoms with Gasteiger partial charge in [0.1, 0.15) is 11.6 Å². The molecule has 2 aromatic carbocycles. The lowest BCUT2D eigenvalue weighted by Crippen LogP contribution is -2.43. The molecule has 0 saturated heterocycles. The quantitative estimate of drug-likeness (QED) is 0.290. The highest BCUT2D eigenvalue weighted by atomic mass is 35.5. The summed E-state index contributed by atoms with van der Waals surface area (Å²) >= 11 is 6.05. The normalized spacial score (nSPS) is 14.0. The van der Waals surface area contributed by atoms with Crippen molar-refractivity contribution in [2.45, 2.75) is 51.5 Å². The molecule has 1 aliphatic rings. The highest BCUT2D eigenvalue weighted by molar-refractivity contribution is 6.30. The molecule has 7 heteroatoms. The van der Waals surface area contributed by atoms with E-state index in [0.717, 1.165) is 47.8 Å². The first kappa shape index (κ1) is 25.0. The summed E-state index contributed by atoms with van der Waals surface area (Å²) in [6.45, 7) is 1.90. The third-order valence-electron chi connectivity index (χ3n) is 7.27. The molecule has 0 atom stereocenters. The second kappa shape index (κ2) is 10.8. The lowest BCUT2D eigenvalue weighted by molar-refractivity contribution is -0.118. The Morgan fingerprint density at radius 2 is 1.81 bits per heavy atom. The van der Waals surface area contributed by atoms with Gasteiger partial charge < -0.3 is 4.74 Å². The van der Waals surface area contributed by atoms with Gasteiger partial charge in [0.2, 0.25) is 5.91 Å². The Labute approximate surface area is 221 Å². The third-order valence-corrected chi connectivity index (χ3v) is 7.52. The Balaban J connectivity index is 1.58. The summed E-state index contributed by atoms with van der Waals surface area (Å²) in [4.78, 5) is 34.0. The van der Waals surface area contributed by atoms with Crippen LogP contribution in [0, 0.1) is 6.92 Å². The molecule has 4 aromatic rings. The molecule has 6 nitrogen and oxygen atoms in total. The van der Waals surface area contributed by atoms with E-state index < -0.39 is 0 Å². The van der Waals surface area contributed by atoms with Crippen molar-refractivity contribution in [1.82, 2.24) is 9.55 Å². The van der Waals surface area contributed by atoms with Crippen molar-refractivity contribution in [1.29, 1.82) is 0 Å². The second-order valence-electron chi connectivity index (χ2n) is 9.51.